The van der Waals surface area contributed by atoms with Crippen molar-refractivity contribution in [2.45, 2.75) is 181 Å². The van der Waals surface area contributed by atoms with Gasteiger partial charge in [0.1, 0.15) is 12.1 Å². The largest absolute Gasteiger partial charge is 0.387 e. The Balaban J connectivity index is 0.000000356. The third kappa shape index (κ3) is 27.8. The minimum absolute atomic E-state index is 0.00792. The van der Waals surface area contributed by atoms with Gasteiger partial charge >= 0.3 is 0 Å². The Morgan fingerprint density at radius 3 is 1.06 bits per heavy atom. The second kappa shape index (κ2) is 38.6. The van der Waals surface area contributed by atoms with Gasteiger partial charge in [0.25, 0.3) is 0 Å². The van der Waals surface area contributed by atoms with Crippen LogP contribution in [0.1, 0.15) is 114 Å². The molecule has 6 fully saturated rings. The first-order chi connectivity index (χ1) is 39.1. The molecule has 0 aromatic heterocycles. The summed E-state index contributed by atoms with van der Waals surface area (Å²) in [5.74, 6) is -0.456. The maximum atomic E-state index is 12.1. The summed E-state index contributed by atoms with van der Waals surface area (Å²) in [7, 11) is 3.89. The van der Waals surface area contributed by atoms with Gasteiger partial charge in [-0.1, -0.05) is 32.9 Å². The van der Waals surface area contributed by atoms with Crippen molar-refractivity contribution in [2.75, 3.05) is 92.6 Å². The molecule has 11 atom stereocenters. The van der Waals surface area contributed by atoms with Gasteiger partial charge in [-0.25, -0.2) is 0 Å². The quantitative estimate of drug-likeness (QED) is 0.148. The van der Waals surface area contributed by atoms with Gasteiger partial charge in [0, 0.05) is 80.8 Å². The highest BCUT2D eigenvalue weighted by Gasteiger charge is 2.31. The molecule has 7 amide bonds. The molecule has 0 aromatic rings. The van der Waals surface area contributed by atoms with Crippen molar-refractivity contribution >= 4 is 41.4 Å². The van der Waals surface area contributed by atoms with Gasteiger partial charge in [-0.05, 0) is 148 Å². The molecule has 6 aliphatic heterocycles. The zero-order chi connectivity index (χ0) is 62.3. The molecule has 6 rings (SSSR count). The van der Waals surface area contributed by atoms with E-state index in [1.807, 2.05) is 67.5 Å². The summed E-state index contributed by atoms with van der Waals surface area (Å²) in [6, 6.07) is -2.13. The lowest BCUT2D eigenvalue weighted by atomic mass is 10.2. The summed E-state index contributed by atoms with van der Waals surface area (Å²) >= 11 is 0. The Morgan fingerprint density at radius 1 is 0.337 bits per heavy atom. The minimum Gasteiger partial charge on any atom is -0.387 e. The van der Waals surface area contributed by atoms with E-state index in [2.05, 4.69) is 117 Å². The Labute approximate surface area is 497 Å². The smallest absolute Gasteiger partial charge is 0.242 e. The summed E-state index contributed by atoms with van der Waals surface area (Å²) in [6.07, 6.45) is 7.06. The fraction of sp³-hybridized carbons (Fsp3) is 0.712. The third-order valence-corrected chi connectivity index (χ3v) is 15.4. The van der Waals surface area contributed by atoms with Crippen LogP contribution in [0.25, 0.3) is 0 Å². The summed E-state index contributed by atoms with van der Waals surface area (Å²) in [5, 5.41) is 42.1. The molecule has 24 heteroatoms. The molecule has 0 radical (unpaired) electrons. The van der Waals surface area contributed by atoms with Crippen LogP contribution >= 0.6 is 0 Å². The van der Waals surface area contributed by atoms with Crippen LogP contribution < -0.4 is 74.4 Å². The number of nitrogens with one attached hydrogen (secondary N) is 14. The van der Waals surface area contributed by atoms with E-state index in [4.69, 9.17) is 0 Å². The average molecular weight is 1170 g/mol. The number of fused-ring (bicyclic) bond motifs is 1. The number of nitrogens with zero attached hydrogens (tertiary/aromatic N) is 3. The van der Waals surface area contributed by atoms with E-state index < -0.39 is 12.1 Å². The molecular formula is C59H109N17O7. The van der Waals surface area contributed by atoms with Crippen molar-refractivity contribution in [3.63, 3.8) is 0 Å². The van der Waals surface area contributed by atoms with Crippen LogP contribution in [0.5, 0.6) is 0 Å². The van der Waals surface area contributed by atoms with Crippen LogP contribution in [0, 0.1) is 0 Å². The third-order valence-electron chi connectivity index (χ3n) is 15.4. The standard InChI is InChI=1S/C14H26N4O2.C13H24N4O2.C11H19N3O.C11H21N3O.C10H19N3O/c1-9-10(2)16-13(19)11(3)17-14(20)12(4)18(5)8-6-7-15-9;1-8-9(2)16-13(19)11(4)17-12(18)10(3)15-7-5-6-14-8;1-9-8-13-11(15)10-4-2-6-14(10)7-3-5-12-9;1-8-9(2)13-11(15)10(3)14(4)7-5-6-12-8;1-7-8(2)13-10(14)9(3)12-6-4-5-11-7/h10-12,15H,1,6-8H2,2-5H3,(H,16,19)(H,17,20);9-11,14-15H,1,5-7H2,2-4H3,(H,16,19)(H,17,18);10,12H,1-8H2,(H,13,15);9-10,12H,1,5-7H2,2-4H3,(H,13,15);8-9,11-12H,1,4-6H2,2-3H3,(H,13,14)/t10-,11-,12-;9-,10-,11-;10-;9-,10-;8-,9-/m00000/s1. The van der Waals surface area contributed by atoms with Crippen molar-refractivity contribution < 1.29 is 33.6 Å². The minimum atomic E-state index is -0.562. The topological polar surface area (TPSA) is 298 Å². The lowest BCUT2D eigenvalue weighted by Gasteiger charge is -2.28. The average Bonchev–Trinajstić information content (AvgIpc) is 4.01. The maximum absolute atomic E-state index is 12.1. The Kier molecular flexibility index (Phi) is 33.9. The van der Waals surface area contributed by atoms with Crippen molar-refractivity contribution in [2.24, 2.45) is 0 Å². The van der Waals surface area contributed by atoms with Crippen molar-refractivity contribution in [1.82, 2.24) is 89.1 Å². The number of rotatable bonds is 0. The highest BCUT2D eigenvalue weighted by atomic mass is 16.2. The van der Waals surface area contributed by atoms with Crippen LogP contribution in [0.4, 0.5) is 0 Å². The number of hydrogen-bond acceptors (Lipinski definition) is 17. The number of carbonyl (C=O) groups excluding carboxylic acids is 7. The van der Waals surface area contributed by atoms with Crippen LogP contribution in [0.3, 0.4) is 0 Å². The first-order valence-electron chi connectivity index (χ1n) is 30.0. The number of carbonyl (C=O) groups is 7. The molecule has 0 unspecified atom stereocenters. The number of amides is 7. The van der Waals surface area contributed by atoms with E-state index in [-0.39, 0.29) is 95.7 Å². The van der Waals surface area contributed by atoms with E-state index in [0.29, 0.717) is 6.54 Å². The summed E-state index contributed by atoms with van der Waals surface area (Å²) in [6.45, 7) is 48.1. The molecule has 0 aromatic carbocycles. The van der Waals surface area contributed by atoms with E-state index in [0.717, 1.165) is 145 Å². The van der Waals surface area contributed by atoms with Crippen LogP contribution in [-0.2, 0) is 33.6 Å². The summed E-state index contributed by atoms with van der Waals surface area (Å²) < 4.78 is 0. The van der Waals surface area contributed by atoms with Gasteiger partial charge in [0.05, 0.1) is 60.9 Å². The van der Waals surface area contributed by atoms with Crippen molar-refractivity contribution in [3.05, 3.63) is 61.4 Å². The lowest BCUT2D eigenvalue weighted by molar-refractivity contribution is -0.131. The molecule has 0 saturated carbocycles. The van der Waals surface area contributed by atoms with E-state index in [1.165, 1.54) is 0 Å². The van der Waals surface area contributed by atoms with E-state index in [1.54, 1.807) is 20.8 Å². The second-order valence-corrected chi connectivity index (χ2v) is 22.6. The first-order valence-corrected chi connectivity index (χ1v) is 30.0. The second-order valence-electron chi connectivity index (χ2n) is 22.6. The van der Waals surface area contributed by atoms with Gasteiger partial charge in [-0.2, -0.15) is 0 Å². The predicted molar refractivity (Wildman–Crippen MR) is 331 cm³/mol. The molecule has 472 valence electrons. The van der Waals surface area contributed by atoms with Crippen LogP contribution in [-0.4, -0.2) is 215 Å². The fourth-order valence-corrected chi connectivity index (χ4v) is 8.87. The van der Waals surface area contributed by atoms with Gasteiger partial charge in [0.15, 0.2) is 0 Å². The SMILES string of the molecule is C=C1CNC(=O)[C@@H]2CCCN2CCCN1.C=C1NCCCN(C)[C@@H](C)C(=O)N[C@@H](C)C(=O)N[C@H]1C.C=C1NCCCN(C)[C@@H](C)C(=O)N[C@H]1C.C=C1NCCCN[C@@H](C)C(=O)N[C@@H](C)C(=O)N[C@H]1C.C=C1NCCCN[C@@H](C)C(=O)N[C@H]1C. The predicted octanol–water partition coefficient (Wildman–Crippen LogP) is -0.327. The first kappa shape index (κ1) is 72.9. The normalized spacial score (nSPS) is 30.6. The zero-order valence-electron chi connectivity index (χ0n) is 52.5. The van der Waals surface area contributed by atoms with Gasteiger partial charge in [-0.15, -0.1) is 0 Å². The van der Waals surface area contributed by atoms with Gasteiger partial charge in [-0.3, -0.25) is 48.3 Å². The van der Waals surface area contributed by atoms with Gasteiger partial charge < -0.3 is 74.4 Å². The molecular weight excluding hydrogens is 1060 g/mol. The summed E-state index contributed by atoms with van der Waals surface area (Å²) in [4.78, 5) is 89.3. The fourth-order valence-electron chi connectivity index (χ4n) is 8.87. The van der Waals surface area contributed by atoms with Crippen molar-refractivity contribution in [1.29, 1.82) is 0 Å². The highest BCUT2D eigenvalue weighted by molar-refractivity contribution is 5.90. The zero-order valence-corrected chi connectivity index (χ0v) is 52.5. The molecule has 0 aliphatic carbocycles. The van der Waals surface area contributed by atoms with Crippen LogP contribution in [0.15, 0.2) is 61.4 Å². The molecule has 6 saturated heterocycles. The molecule has 6 heterocycles. The maximum Gasteiger partial charge on any atom is 0.242 e. The number of likely N-dealkylation sites (N-methyl/N-ethyl adjacent to an activating group) is 2. The highest BCUT2D eigenvalue weighted by Crippen LogP contribution is 2.18. The molecule has 6 aliphatic rings. The molecule has 24 nitrogen and oxygen atoms in total. The van der Waals surface area contributed by atoms with Crippen LogP contribution in [0.2, 0.25) is 0 Å². The monoisotopic (exact) mass is 1170 g/mol. The molecule has 14 N–H and O–H groups in total. The summed E-state index contributed by atoms with van der Waals surface area (Å²) in [5.41, 5.74) is 4.24. The van der Waals surface area contributed by atoms with Crippen molar-refractivity contribution in [3.8, 4) is 0 Å². The Hall–Kier alpha value is -6.21. The molecule has 0 spiro atoms. The van der Waals surface area contributed by atoms with Gasteiger partial charge in [0.2, 0.25) is 41.4 Å². The molecule has 83 heavy (non-hydrogen) atoms. The van der Waals surface area contributed by atoms with E-state index in [9.17, 15) is 33.6 Å². The number of hydrogen-bond donors (Lipinski definition) is 14. The van der Waals surface area contributed by atoms with E-state index >= 15 is 0 Å². The Morgan fingerprint density at radius 2 is 0.651 bits per heavy atom. The molecule has 0 bridgehead atoms. The Bertz CT molecular complexity index is 2160. The lowest BCUT2D eigenvalue weighted by Crippen LogP contribution is -2.52.